The molecule has 0 unspecified atom stereocenters. The molecule has 0 saturated carbocycles. The van der Waals surface area contributed by atoms with Gasteiger partial charge in [0.15, 0.2) is 0 Å². The Morgan fingerprint density at radius 3 is 2.79 bits per heavy atom. The molecule has 0 saturated heterocycles. The molecule has 2 rings (SSSR count). The van der Waals surface area contributed by atoms with Crippen molar-refractivity contribution in [2.45, 2.75) is 0 Å². The minimum atomic E-state index is -0.334. The summed E-state index contributed by atoms with van der Waals surface area (Å²) in [6.45, 7) is 0. The van der Waals surface area contributed by atoms with Crippen molar-refractivity contribution >= 4 is 64.9 Å². The van der Waals surface area contributed by atoms with E-state index in [4.69, 9.17) is 0 Å². The number of hydrogen-bond donors (Lipinski definition) is 0. The van der Waals surface area contributed by atoms with Crippen molar-refractivity contribution in [2.24, 2.45) is 0 Å². The van der Waals surface area contributed by atoms with E-state index in [0.29, 0.717) is 3.57 Å². The highest BCUT2D eigenvalue weighted by molar-refractivity contribution is 14.1. The van der Waals surface area contributed by atoms with Crippen LogP contribution in [-0.4, -0.2) is 4.92 Å². The maximum absolute atomic E-state index is 10.7. The van der Waals surface area contributed by atoms with Crippen LogP contribution in [0.25, 0.3) is 10.1 Å². The van der Waals surface area contributed by atoms with Crippen molar-refractivity contribution in [1.29, 1.82) is 0 Å². The Bertz CT molecular complexity index is 525. The molecule has 72 valence electrons. The van der Waals surface area contributed by atoms with E-state index in [2.05, 4.69) is 15.9 Å². The second-order valence-electron chi connectivity index (χ2n) is 2.59. The third kappa shape index (κ3) is 1.55. The Morgan fingerprint density at radius 1 is 1.50 bits per heavy atom. The van der Waals surface area contributed by atoms with Gasteiger partial charge in [-0.1, -0.05) is 33.3 Å². The fraction of sp³-hybridized carbons (Fsp3) is 0. The lowest BCUT2D eigenvalue weighted by molar-refractivity contribution is -0.381. The highest BCUT2D eigenvalue weighted by atomic mass is 127. The number of hydrogen-bond acceptors (Lipinski definition) is 3. The van der Waals surface area contributed by atoms with Gasteiger partial charge in [-0.05, 0) is 34.7 Å². The van der Waals surface area contributed by atoms with Crippen LogP contribution in [0, 0.1) is 13.7 Å². The summed E-state index contributed by atoms with van der Waals surface area (Å²) < 4.78 is 2.55. The van der Waals surface area contributed by atoms with Crippen LogP contribution in [0.1, 0.15) is 0 Å². The van der Waals surface area contributed by atoms with Gasteiger partial charge in [-0.15, -0.1) is 0 Å². The van der Waals surface area contributed by atoms with Gasteiger partial charge in [0, 0.05) is 14.6 Å². The smallest absolute Gasteiger partial charge is 0.258 e. The molecule has 0 atom stereocenters. The molecule has 6 heteroatoms. The van der Waals surface area contributed by atoms with Gasteiger partial charge in [0.2, 0.25) is 0 Å². The number of halogens is 2. The summed E-state index contributed by atoms with van der Waals surface area (Å²) in [5.74, 6) is 0. The van der Waals surface area contributed by atoms with Crippen LogP contribution in [0.15, 0.2) is 22.7 Å². The molecule has 0 aliphatic heterocycles. The average Bonchev–Trinajstić information content (AvgIpc) is 2.45. The quantitative estimate of drug-likeness (QED) is 0.421. The molecule has 0 radical (unpaired) electrons. The zero-order valence-corrected chi connectivity index (χ0v) is 11.2. The van der Waals surface area contributed by atoms with Gasteiger partial charge in [-0.2, -0.15) is 0 Å². The Kier molecular flexibility index (Phi) is 2.76. The first-order valence-electron chi connectivity index (χ1n) is 3.62. The van der Waals surface area contributed by atoms with Gasteiger partial charge in [-0.3, -0.25) is 10.1 Å². The summed E-state index contributed by atoms with van der Waals surface area (Å²) in [5.41, 5.74) is 0. The monoisotopic (exact) mass is 383 g/mol. The van der Waals surface area contributed by atoms with Crippen molar-refractivity contribution in [3.8, 4) is 0 Å². The average molecular weight is 384 g/mol. The highest BCUT2D eigenvalue weighted by Crippen LogP contribution is 2.41. The van der Waals surface area contributed by atoms with Crippen molar-refractivity contribution < 1.29 is 4.92 Å². The predicted octanol–water partition coefficient (Wildman–Crippen LogP) is 4.18. The topological polar surface area (TPSA) is 43.1 Å². The van der Waals surface area contributed by atoms with E-state index in [9.17, 15) is 10.1 Å². The Morgan fingerprint density at radius 2 is 2.21 bits per heavy atom. The first-order valence-corrected chi connectivity index (χ1v) is 6.31. The van der Waals surface area contributed by atoms with Crippen molar-refractivity contribution in [3.63, 3.8) is 0 Å². The SMILES string of the molecule is O=[N+]([O-])c1sc2cccc(Br)c2c1I. The van der Waals surface area contributed by atoms with E-state index in [1.165, 1.54) is 11.3 Å². The zero-order chi connectivity index (χ0) is 10.3. The molecule has 0 aliphatic carbocycles. The lowest BCUT2D eigenvalue weighted by Gasteiger charge is -1.92. The van der Waals surface area contributed by atoms with Gasteiger partial charge in [0.25, 0.3) is 0 Å². The summed E-state index contributed by atoms with van der Waals surface area (Å²) in [6, 6.07) is 5.66. The molecule has 0 aliphatic rings. The van der Waals surface area contributed by atoms with E-state index in [0.717, 1.165) is 14.6 Å². The van der Waals surface area contributed by atoms with Crippen LogP contribution >= 0.6 is 49.9 Å². The third-order valence-electron chi connectivity index (χ3n) is 1.76. The summed E-state index contributed by atoms with van der Waals surface area (Å²) >= 11 is 6.61. The van der Waals surface area contributed by atoms with Crippen LogP contribution in [0.5, 0.6) is 0 Å². The largest absolute Gasteiger partial charge is 0.338 e. The minimum Gasteiger partial charge on any atom is -0.258 e. The number of nitrogens with zero attached hydrogens (tertiary/aromatic N) is 1. The number of benzene rings is 1. The number of thiophene rings is 1. The summed E-state index contributed by atoms with van der Waals surface area (Å²) in [4.78, 5) is 10.4. The molecule has 0 bridgehead atoms. The molecule has 0 N–H and O–H groups in total. The molecule has 0 spiro atoms. The molecule has 2 aromatic rings. The van der Waals surface area contributed by atoms with E-state index >= 15 is 0 Å². The standard InChI is InChI=1S/C8H3BrINO2S/c9-4-2-1-3-5-6(4)7(10)8(14-5)11(12)13/h1-3H. The van der Waals surface area contributed by atoms with E-state index < -0.39 is 0 Å². The number of fused-ring (bicyclic) bond motifs is 1. The van der Waals surface area contributed by atoms with E-state index in [1.807, 2.05) is 40.8 Å². The van der Waals surface area contributed by atoms with E-state index in [-0.39, 0.29) is 9.92 Å². The predicted molar refractivity (Wildman–Crippen MR) is 68.9 cm³/mol. The Labute approximate surface area is 106 Å². The molecular weight excluding hydrogens is 381 g/mol. The van der Waals surface area contributed by atoms with Gasteiger partial charge in [0.1, 0.15) is 3.57 Å². The minimum absolute atomic E-state index is 0.215. The molecule has 1 aromatic carbocycles. The fourth-order valence-electron chi connectivity index (χ4n) is 1.18. The van der Waals surface area contributed by atoms with Gasteiger partial charge in [-0.25, -0.2) is 0 Å². The molecule has 14 heavy (non-hydrogen) atoms. The lowest BCUT2D eigenvalue weighted by Crippen LogP contribution is -1.85. The maximum Gasteiger partial charge on any atom is 0.338 e. The summed E-state index contributed by atoms with van der Waals surface area (Å²) in [6.07, 6.45) is 0. The fourth-order valence-corrected chi connectivity index (χ4v) is 4.47. The number of nitro groups is 1. The number of rotatable bonds is 1. The first-order chi connectivity index (χ1) is 6.61. The van der Waals surface area contributed by atoms with Crippen LogP contribution in [0.4, 0.5) is 5.00 Å². The van der Waals surface area contributed by atoms with Gasteiger partial charge < -0.3 is 0 Å². The van der Waals surface area contributed by atoms with Crippen molar-refractivity contribution in [2.75, 3.05) is 0 Å². The van der Waals surface area contributed by atoms with E-state index in [1.54, 1.807) is 0 Å². The highest BCUT2D eigenvalue weighted by Gasteiger charge is 2.20. The second-order valence-corrected chi connectivity index (χ2v) is 5.56. The van der Waals surface area contributed by atoms with Crippen LogP contribution in [-0.2, 0) is 0 Å². The summed E-state index contributed by atoms with van der Waals surface area (Å²) in [7, 11) is 0. The Balaban J connectivity index is 2.87. The van der Waals surface area contributed by atoms with Crippen LogP contribution in [0.3, 0.4) is 0 Å². The normalized spacial score (nSPS) is 10.7. The molecular formula is C8H3BrINO2S. The van der Waals surface area contributed by atoms with Gasteiger partial charge >= 0.3 is 5.00 Å². The van der Waals surface area contributed by atoms with Crippen molar-refractivity contribution in [1.82, 2.24) is 0 Å². The molecule has 0 amide bonds. The lowest BCUT2D eigenvalue weighted by atomic mass is 10.3. The van der Waals surface area contributed by atoms with Gasteiger partial charge in [0.05, 0.1) is 4.92 Å². The molecule has 3 nitrogen and oxygen atoms in total. The maximum atomic E-state index is 10.7. The molecule has 1 heterocycles. The van der Waals surface area contributed by atoms with Crippen LogP contribution < -0.4 is 0 Å². The first kappa shape index (κ1) is 10.3. The van der Waals surface area contributed by atoms with Crippen LogP contribution in [0.2, 0.25) is 0 Å². The molecule has 0 fully saturated rings. The molecule has 1 aromatic heterocycles. The summed E-state index contributed by atoms with van der Waals surface area (Å²) in [5, 5.41) is 11.8. The Hall–Kier alpha value is -0.210. The second kappa shape index (κ2) is 3.74. The van der Waals surface area contributed by atoms with Crippen molar-refractivity contribution in [3.05, 3.63) is 36.4 Å². The zero-order valence-electron chi connectivity index (χ0n) is 6.66. The third-order valence-corrected chi connectivity index (χ3v) is 4.94.